The zero-order chi connectivity index (χ0) is 11.3. The van der Waals surface area contributed by atoms with Crippen molar-refractivity contribution in [1.82, 2.24) is 0 Å². The van der Waals surface area contributed by atoms with Crippen molar-refractivity contribution in [3.8, 4) is 0 Å². The number of nitrogens with one attached hydrogen (secondary N) is 1. The molecule has 1 aromatic carbocycles. The summed E-state index contributed by atoms with van der Waals surface area (Å²) in [4.78, 5) is 11.3. The van der Waals surface area contributed by atoms with E-state index in [0.29, 0.717) is 10.7 Å². The van der Waals surface area contributed by atoms with Crippen LogP contribution in [0.5, 0.6) is 0 Å². The maximum atomic E-state index is 11.3. The maximum absolute atomic E-state index is 11.3. The Morgan fingerprint density at radius 2 is 2.33 bits per heavy atom. The van der Waals surface area contributed by atoms with E-state index in [4.69, 9.17) is 27.9 Å². The Balaban J connectivity index is 2.51. The number of halogens is 2. The van der Waals surface area contributed by atoms with Crippen LogP contribution < -0.4 is 5.32 Å². The maximum Gasteiger partial charge on any atom is 0.411 e. The third kappa shape index (κ3) is 4.40. The summed E-state index contributed by atoms with van der Waals surface area (Å²) in [6, 6.07) is 6.81. The number of rotatable bonds is 3. The molecule has 1 aromatic rings. The van der Waals surface area contributed by atoms with E-state index in [1.807, 2.05) is 0 Å². The van der Waals surface area contributed by atoms with E-state index in [2.05, 4.69) is 5.32 Å². The Hall–Kier alpha value is -0.930. The molecule has 5 heteroatoms. The first-order valence-corrected chi connectivity index (χ1v) is 5.32. The molecule has 0 unspecified atom stereocenters. The molecular weight excluding hydrogens is 237 g/mol. The Labute approximate surface area is 98.3 Å². The summed E-state index contributed by atoms with van der Waals surface area (Å²) in [6.07, 6.45) is -0.851. The van der Waals surface area contributed by atoms with Gasteiger partial charge in [0.2, 0.25) is 0 Å². The molecule has 0 bridgehead atoms. The van der Waals surface area contributed by atoms with Crippen LogP contribution in [0.1, 0.15) is 6.92 Å². The van der Waals surface area contributed by atoms with E-state index in [1.165, 1.54) is 0 Å². The topological polar surface area (TPSA) is 38.3 Å². The Kier molecular flexibility index (Phi) is 4.72. The van der Waals surface area contributed by atoms with E-state index in [1.54, 1.807) is 31.2 Å². The Bertz CT molecular complexity index is 344. The molecule has 0 heterocycles. The zero-order valence-corrected chi connectivity index (χ0v) is 9.68. The van der Waals surface area contributed by atoms with Crippen LogP contribution >= 0.6 is 23.2 Å². The van der Waals surface area contributed by atoms with Crippen LogP contribution in [-0.2, 0) is 4.74 Å². The molecule has 15 heavy (non-hydrogen) atoms. The highest BCUT2D eigenvalue weighted by molar-refractivity contribution is 6.30. The highest BCUT2D eigenvalue weighted by atomic mass is 35.5. The van der Waals surface area contributed by atoms with Crippen LogP contribution in [0.15, 0.2) is 24.3 Å². The summed E-state index contributed by atoms with van der Waals surface area (Å²) in [5, 5.41) is 3.10. The second-order valence-electron chi connectivity index (χ2n) is 3.01. The predicted molar refractivity (Wildman–Crippen MR) is 61.7 cm³/mol. The summed E-state index contributed by atoms with van der Waals surface area (Å²) in [5.74, 6) is 0.267. The van der Waals surface area contributed by atoms with Gasteiger partial charge in [-0.05, 0) is 25.1 Å². The SMILES string of the molecule is C[C@H](CCl)OC(=O)Nc1cccc(Cl)c1. The van der Waals surface area contributed by atoms with Gasteiger partial charge in [0.15, 0.2) is 0 Å². The Morgan fingerprint density at radius 3 is 2.93 bits per heavy atom. The molecule has 0 saturated heterocycles. The molecule has 3 nitrogen and oxygen atoms in total. The van der Waals surface area contributed by atoms with Crippen molar-refractivity contribution in [2.24, 2.45) is 0 Å². The van der Waals surface area contributed by atoms with E-state index >= 15 is 0 Å². The van der Waals surface area contributed by atoms with Crippen molar-refractivity contribution < 1.29 is 9.53 Å². The largest absolute Gasteiger partial charge is 0.445 e. The molecule has 0 radical (unpaired) electrons. The fourth-order valence-electron chi connectivity index (χ4n) is 0.928. The van der Waals surface area contributed by atoms with Gasteiger partial charge in [-0.25, -0.2) is 4.79 Å². The lowest BCUT2D eigenvalue weighted by molar-refractivity contribution is 0.131. The zero-order valence-electron chi connectivity index (χ0n) is 8.17. The van der Waals surface area contributed by atoms with Crippen molar-refractivity contribution in [2.75, 3.05) is 11.2 Å². The molecule has 0 aliphatic carbocycles. The summed E-state index contributed by atoms with van der Waals surface area (Å²) in [5.41, 5.74) is 0.592. The fraction of sp³-hybridized carbons (Fsp3) is 0.300. The van der Waals surface area contributed by atoms with Gasteiger partial charge in [-0.2, -0.15) is 0 Å². The van der Waals surface area contributed by atoms with Crippen LogP contribution in [0.3, 0.4) is 0 Å². The minimum atomic E-state index is -0.537. The van der Waals surface area contributed by atoms with Crippen LogP contribution in [-0.4, -0.2) is 18.1 Å². The number of anilines is 1. The van der Waals surface area contributed by atoms with E-state index < -0.39 is 6.09 Å². The molecule has 1 N–H and O–H groups in total. The van der Waals surface area contributed by atoms with Gasteiger partial charge in [0, 0.05) is 10.7 Å². The minimum Gasteiger partial charge on any atom is -0.445 e. The lowest BCUT2D eigenvalue weighted by Crippen LogP contribution is -2.21. The van der Waals surface area contributed by atoms with Gasteiger partial charge in [-0.15, -0.1) is 11.6 Å². The lowest BCUT2D eigenvalue weighted by Gasteiger charge is -2.10. The summed E-state index contributed by atoms with van der Waals surface area (Å²) in [7, 11) is 0. The average molecular weight is 248 g/mol. The standard InChI is InChI=1S/C10H11Cl2NO2/c1-7(6-11)15-10(14)13-9-4-2-3-8(12)5-9/h2-5,7H,6H2,1H3,(H,13,14)/t7-/m1/s1. The van der Waals surface area contributed by atoms with Gasteiger partial charge < -0.3 is 4.74 Å². The monoisotopic (exact) mass is 247 g/mol. The molecule has 0 saturated carbocycles. The quantitative estimate of drug-likeness (QED) is 0.831. The summed E-state index contributed by atoms with van der Waals surface area (Å²) >= 11 is 11.2. The van der Waals surface area contributed by atoms with Crippen molar-refractivity contribution in [3.05, 3.63) is 29.3 Å². The van der Waals surface area contributed by atoms with Crippen LogP contribution in [0.4, 0.5) is 10.5 Å². The second-order valence-corrected chi connectivity index (χ2v) is 3.75. The first-order valence-electron chi connectivity index (χ1n) is 4.41. The minimum absolute atomic E-state index is 0.267. The van der Waals surface area contributed by atoms with Crippen LogP contribution in [0.25, 0.3) is 0 Å². The average Bonchev–Trinajstić information content (AvgIpc) is 2.17. The van der Waals surface area contributed by atoms with Gasteiger partial charge in [0.25, 0.3) is 0 Å². The third-order valence-corrected chi connectivity index (χ3v) is 2.27. The highest BCUT2D eigenvalue weighted by Crippen LogP contribution is 2.15. The first-order chi connectivity index (χ1) is 7.11. The number of hydrogen-bond donors (Lipinski definition) is 1. The van der Waals surface area contributed by atoms with Crippen molar-refractivity contribution in [1.29, 1.82) is 0 Å². The van der Waals surface area contributed by atoms with E-state index in [0.717, 1.165) is 0 Å². The normalized spacial score (nSPS) is 11.9. The number of benzene rings is 1. The van der Waals surface area contributed by atoms with E-state index in [9.17, 15) is 4.79 Å². The van der Waals surface area contributed by atoms with Crippen molar-refractivity contribution >= 4 is 35.0 Å². The summed E-state index contributed by atoms with van der Waals surface area (Å²) in [6.45, 7) is 1.71. The molecule has 0 aliphatic heterocycles. The lowest BCUT2D eigenvalue weighted by atomic mass is 10.3. The van der Waals surface area contributed by atoms with Gasteiger partial charge in [0.1, 0.15) is 6.10 Å². The molecule has 1 amide bonds. The van der Waals surface area contributed by atoms with Gasteiger partial charge in [-0.3, -0.25) is 5.32 Å². The molecule has 1 atom stereocenters. The second kappa shape index (κ2) is 5.83. The number of carbonyl (C=O) groups is 1. The molecule has 82 valence electrons. The van der Waals surface area contributed by atoms with E-state index in [-0.39, 0.29) is 12.0 Å². The number of ether oxygens (including phenoxy) is 1. The molecule has 1 rings (SSSR count). The smallest absolute Gasteiger partial charge is 0.411 e. The van der Waals surface area contributed by atoms with Gasteiger partial charge in [0.05, 0.1) is 5.88 Å². The van der Waals surface area contributed by atoms with Gasteiger partial charge in [-0.1, -0.05) is 17.7 Å². The predicted octanol–water partition coefficient (Wildman–Crippen LogP) is 3.52. The fourth-order valence-corrected chi connectivity index (χ4v) is 1.18. The first kappa shape index (κ1) is 12.1. The molecule has 0 fully saturated rings. The third-order valence-electron chi connectivity index (χ3n) is 1.60. The van der Waals surface area contributed by atoms with Crippen LogP contribution in [0, 0.1) is 0 Å². The summed E-state index contributed by atoms with van der Waals surface area (Å²) < 4.78 is 4.92. The molecule has 0 spiro atoms. The Morgan fingerprint density at radius 1 is 1.60 bits per heavy atom. The highest BCUT2D eigenvalue weighted by Gasteiger charge is 2.08. The molecule has 0 aliphatic rings. The van der Waals surface area contributed by atoms with Crippen LogP contribution in [0.2, 0.25) is 5.02 Å². The van der Waals surface area contributed by atoms with Crippen molar-refractivity contribution in [3.63, 3.8) is 0 Å². The number of carbonyl (C=O) groups excluding carboxylic acids is 1. The molecule has 0 aromatic heterocycles. The number of amides is 1. The number of hydrogen-bond acceptors (Lipinski definition) is 2. The molecular formula is C10H11Cl2NO2. The van der Waals surface area contributed by atoms with Crippen molar-refractivity contribution in [2.45, 2.75) is 13.0 Å². The number of alkyl halides is 1. The van der Waals surface area contributed by atoms with Gasteiger partial charge >= 0.3 is 6.09 Å².